The molecule has 3 rings (SSSR count). The van der Waals surface area contributed by atoms with Gasteiger partial charge in [0, 0.05) is 6.21 Å². The summed E-state index contributed by atoms with van der Waals surface area (Å²) in [4.78, 5) is 24.9. The maximum absolute atomic E-state index is 12.7. The lowest BCUT2D eigenvalue weighted by Gasteiger charge is -2.21. The molecule has 132 valence electrons. The predicted octanol–water partition coefficient (Wildman–Crippen LogP) is 3.16. The highest BCUT2D eigenvalue weighted by atomic mass is 16.5. The van der Waals surface area contributed by atoms with Gasteiger partial charge in [0.15, 0.2) is 0 Å². The first-order valence-corrected chi connectivity index (χ1v) is 8.11. The predicted molar refractivity (Wildman–Crippen MR) is 99.7 cm³/mol. The van der Waals surface area contributed by atoms with Crippen LogP contribution in [-0.4, -0.2) is 30.3 Å². The van der Waals surface area contributed by atoms with Crippen molar-refractivity contribution < 1.29 is 14.3 Å². The van der Waals surface area contributed by atoms with Crippen LogP contribution in [-0.2, 0) is 10.3 Å². The molecule has 1 aliphatic heterocycles. The van der Waals surface area contributed by atoms with E-state index >= 15 is 0 Å². The zero-order valence-corrected chi connectivity index (χ0v) is 14.5. The molecule has 0 saturated carbocycles. The van der Waals surface area contributed by atoms with Gasteiger partial charge in [0.2, 0.25) is 0 Å². The Morgan fingerprint density at radius 2 is 1.77 bits per heavy atom. The Balaban J connectivity index is 1.75. The number of amides is 3. The van der Waals surface area contributed by atoms with E-state index in [2.05, 4.69) is 10.4 Å². The van der Waals surface area contributed by atoms with Crippen LogP contribution in [0.15, 0.2) is 65.8 Å². The lowest BCUT2D eigenvalue weighted by molar-refractivity contribution is -0.131. The van der Waals surface area contributed by atoms with E-state index in [1.807, 2.05) is 36.4 Å². The van der Waals surface area contributed by atoms with E-state index in [0.29, 0.717) is 11.3 Å². The highest BCUT2D eigenvalue weighted by molar-refractivity contribution is 6.07. The number of nitrogens with zero attached hydrogens (tertiary/aromatic N) is 2. The monoisotopic (exact) mass is 349 g/mol. The number of nitrogens with one attached hydrogen (secondary N) is 1. The molecule has 0 aliphatic carbocycles. The molecule has 2 aromatic carbocycles. The number of allylic oxidation sites excluding steroid dienone is 1. The van der Waals surface area contributed by atoms with Crippen molar-refractivity contribution in [1.82, 2.24) is 10.3 Å². The molecule has 26 heavy (non-hydrogen) atoms. The first-order chi connectivity index (χ1) is 12.5. The fourth-order valence-electron chi connectivity index (χ4n) is 2.67. The molecule has 0 unspecified atom stereocenters. The molecule has 0 spiro atoms. The van der Waals surface area contributed by atoms with Crippen LogP contribution in [0.2, 0.25) is 0 Å². The summed E-state index contributed by atoms with van der Waals surface area (Å²) < 4.78 is 5.12. The fourth-order valence-corrected chi connectivity index (χ4v) is 2.67. The lowest BCUT2D eigenvalue weighted by Crippen LogP contribution is -2.40. The number of hydrazone groups is 1. The third-order valence-electron chi connectivity index (χ3n) is 4.19. The lowest BCUT2D eigenvalue weighted by atomic mass is 9.92. The normalized spacial score (nSPS) is 20.2. The number of methoxy groups -OCH3 is 1. The smallest absolute Gasteiger partial charge is 0.346 e. The second-order valence-corrected chi connectivity index (χ2v) is 5.93. The van der Waals surface area contributed by atoms with Crippen molar-refractivity contribution in [3.8, 4) is 5.75 Å². The summed E-state index contributed by atoms with van der Waals surface area (Å²) >= 11 is 0. The number of hydrogen-bond acceptors (Lipinski definition) is 4. The number of carbonyl (C=O) groups excluding carboxylic acids is 2. The number of hydrogen-bond donors (Lipinski definition) is 1. The van der Waals surface area contributed by atoms with E-state index in [9.17, 15) is 9.59 Å². The molecule has 6 heteroatoms. The van der Waals surface area contributed by atoms with Crippen molar-refractivity contribution in [2.24, 2.45) is 5.10 Å². The summed E-state index contributed by atoms with van der Waals surface area (Å²) in [6, 6.07) is 16.1. The minimum Gasteiger partial charge on any atom is -0.497 e. The molecule has 1 heterocycles. The van der Waals surface area contributed by atoms with Gasteiger partial charge in [-0.1, -0.05) is 48.5 Å². The Kier molecular flexibility index (Phi) is 4.84. The molecule has 1 atom stereocenters. The van der Waals surface area contributed by atoms with Crippen molar-refractivity contribution in [2.75, 3.05) is 7.11 Å². The van der Waals surface area contributed by atoms with Crippen molar-refractivity contribution in [1.29, 1.82) is 0 Å². The van der Waals surface area contributed by atoms with Gasteiger partial charge in [0.25, 0.3) is 5.91 Å². The Labute approximate surface area is 151 Å². The van der Waals surface area contributed by atoms with Gasteiger partial charge in [-0.15, -0.1) is 5.01 Å². The maximum atomic E-state index is 12.7. The molecule has 1 aliphatic rings. The van der Waals surface area contributed by atoms with Gasteiger partial charge in [0.1, 0.15) is 11.3 Å². The van der Waals surface area contributed by atoms with Crippen LogP contribution in [0.4, 0.5) is 4.79 Å². The first kappa shape index (κ1) is 17.4. The van der Waals surface area contributed by atoms with Crippen molar-refractivity contribution in [2.45, 2.75) is 12.5 Å². The van der Waals surface area contributed by atoms with Gasteiger partial charge in [-0.25, -0.2) is 4.79 Å². The number of carbonyl (C=O) groups is 2. The van der Waals surface area contributed by atoms with Crippen LogP contribution in [0.25, 0.3) is 6.08 Å². The SMILES string of the molecule is COc1ccc([C@]2(C)NC(=O)N(/N=C\C=C\c3ccccc3)C2=O)cc1. The summed E-state index contributed by atoms with van der Waals surface area (Å²) in [7, 11) is 1.57. The van der Waals surface area contributed by atoms with Gasteiger partial charge < -0.3 is 10.1 Å². The molecule has 0 aromatic heterocycles. The Morgan fingerprint density at radius 1 is 1.08 bits per heavy atom. The summed E-state index contributed by atoms with van der Waals surface area (Å²) in [5.74, 6) is 0.243. The number of urea groups is 1. The minimum atomic E-state index is -1.16. The molecule has 1 fully saturated rings. The standard InChI is InChI=1S/C20H19N3O3/c1-20(16-10-12-17(26-2)13-11-16)18(24)23(19(25)22-20)21-14-6-9-15-7-4-3-5-8-15/h3-14H,1-2H3,(H,22,25)/b9-6+,21-14-/t20-/m0/s1. The molecular weight excluding hydrogens is 330 g/mol. The maximum Gasteiger partial charge on any atom is 0.346 e. The van der Waals surface area contributed by atoms with Crippen molar-refractivity contribution >= 4 is 24.2 Å². The average molecular weight is 349 g/mol. The quantitative estimate of drug-likeness (QED) is 0.666. The van der Waals surface area contributed by atoms with E-state index < -0.39 is 17.5 Å². The second kappa shape index (κ2) is 7.23. The van der Waals surface area contributed by atoms with Crippen LogP contribution in [0.3, 0.4) is 0 Å². The Morgan fingerprint density at radius 3 is 2.42 bits per heavy atom. The average Bonchev–Trinajstić information content (AvgIpc) is 2.89. The van der Waals surface area contributed by atoms with E-state index in [0.717, 1.165) is 10.6 Å². The highest BCUT2D eigenvalue weighted by Gasteiger charge is 2.49. The third kappa shape index (κ3) is 3.35. The van der Waals surface area contributed by atoms with Gasteiger partial charge in [-0.2, -0.15) is 5.10 Å². The summed E-state index contributed by atoms with van der Waals surface area (Å²) in [5.41, 5.74) is 0.498. The van der Waals surface area contributed by atoms with Crippen molar-refractivity contribution in [3.05, 3.63) is 71.8 Å². The number of benzene rings is 2. The van der Waals surface area contributed by atoms with E-state index in [4.69, 9.17) is 4.74 Å². The number of ether oxygens (including phenoxy) is 1. The van der Waals surface area contributed by atoms with E-state index in [1.54, 1.807) is 44.4 Å². The molecular formula is C20H19N3O3. The summed E-state index contributed by atoms with van der Waals surface area (Å²) in [6.07, 6.45) is 4.94. The topological polar surface area (TPSA) is 71.0 Å². The number of rotatable bonds is 5. The van der Waals surface area contributed by atoms with Crippen LogP contribution >= 0.6 is 0 Å². The minimum absolute atomic E-state index is 0.433. The Bertz CT molecular complexity index is 860. The highest BCUT2D eigenvalue weighted by Crippen LogP contribution is 2.30. The molecule has 1 saturated heterocycles. The van der Waals surface area contributed by atoms with Crippen LogP contribution in [0.5, 0.6) is 5.75 Å². The van der Waals surface area contributed by atoms with Gasteiger partial charge >= 0.3 is 6.03 Å². The first-order valence-electron chi connectivity index (χ1n) is 8.11. The molecule has 0 bridgehead atoms. The molecule has 6 nitrogen and oxygen atoms in total. The van der Waals surface area contributed by atoms with E-state index in [1.165, 1.54) is 6.21 Å². The number of imide groups is 1. The van der Waals surface area contributed by atoms with Crippen molar-refractivity contribution in [3.63, 3.8) is 0 Å². The molecule has 0 radical (unpaired) electrons. The third-order valence-corrected chi connectivity index (χ3v) is 4.19. The van der Waals surface area contributed by atoms with Gasteiger partial charge in [-0.3, -0.25) is 4.79 Å². The Hall–Kier alpha value is -3.41. The van der Waals surface area contributed by atoms with Crippen LogP contribution < -0.4 is 10.1 Å². The summed E-state index contributed by atoms with van der Waals surface area (Å²) in [6.45, 7) is 1.66. The fraction of sp³-hybridized carbons (Fsp3) is 0.150. The largest absolute Gasteiger partial charge is 0.497 e. The molecule has 3 amide bonds. The van der Waals surface area contributed by atoms with E-state index in [-0.39, 0.29) is 0 Å². The van der Waals surface area contributed by atoms with Gasteiger partial charge in [-0.05, 0) is 36.3 Å². The zero-order valence-electron chi connectivity index (χ0n) is 14.5. The zero-order chi connectivity index (χ0) is 18.6. The van der Waals surface area contributed by atoms with Crippen LogP contribution in [0, 0.1) is 0 Å². The van der Waals surface area contributed by atoms with Crippen LogP contribution in [0.1, 0.15) is 18.1 Å². The van der Waals surface area contributed by atoms with Gasteiger partial charge in [0.05, 0.1) is 7.11 Å². The molecule has 2 aromatic rings. The summed E-state index contributed by atoms with van der Waals surface area (Å²) in [5, 5.41) is 7.54. The molecule has 1 N–H and O–H groups in total. The second-order valence-electron chi connectivity index (χ2n) is 5.93.